The van der Waals surface area contributed by atoms with Gasteiger partial charge in [-0.2, -0.15) is 0 Å². The van der Waals surface area contributed by atoms with Gasteiger partial charge in [0, 0.05) is 24.0 Å². The third-order valence-corrected chi connectivity index (χ3v) is 6.56. The van der Waals surface area contributed by atoms with Crippen molar-refractivity contribution in [2.75, 3.05) is 12.8 Å². The number of para-hydroxylation sites is 1. The van der Waals surface area contributed by atoms with Crippen LogP contribution in [0, 0.1) is 0 Å². The zero-order valence-corrected chi connectivity index (χ0v) is 14.6. The van der Waals surface area contributed by atoms with Gasteiger partial charge in [-0.1, -0.05) is 19.1 Å². The van der Waals surface area contributed by atoms with E-state index in [0.717, 1.165) is 23.1 Å². The predicted molar refractivity (Wildman–Crippen MR) is 85.5 cm³/mol. The van der Waals surface area contributed by atoms with E-state index in [0.29, 0.717) is 12.8 Å². The Balaban J connectivity index is 2.32. The summed E-state index contributed by atoms with van der Waals surface area (Å²) in [6, 6.07) is 6.02. The fraction of sp³-hybridized carbons (Fsp3) is 0.625. The van der Waals surface area contributed by atoms with E-state index in [-0.39, 0.29) is 12.2 Å². The third-order valence-electron chi connectivity index (χ3n) is 3.05. The average molecular weight is 310 g/mol. The Morgan fingerprint density at radius 2 is 1.76 bits per heavy atom. The minimum Gasteiger partial charge on any atom is -0.449 e. The van der Waals surface area contributed by atoms with E-state index in [1.807, 2.05) is 39.8 Å². The number of rotatable bonds is 9. The maximum absolute atomic E-state index is 6.31. The van der Waals surface area contributed by atoms with Crippen molar-refractivity contribution in [1.82, 2.24) is 0 Å². The van der Waals surface area contributed by atoms with Crippen LogP contribution in [-0.2, 0) is 13.6 Å². The Morgan fingerprint density at radius 1 is 1.10 bits per heavy atom. The standard InChI is InChI=1S/C16H26O4Si/c1-6-10-17-11-21(19-12(2)3,20-13(4)5)15-9-7-8-14-16(15)18-14/h7-9,12-13H,6,10-11H2,1-5H3. The molecule has 0 atom stereocenters. The Morgan fingerprint density at radius 3 is 2.33 bits per heavy atom. The van der Waals surface area contributed by atoms with Crippen LogP contribution in [0.4, 0.5) is 0 Å². The van der Waals surface area contributed by atoms with E-state index < -0.39 is 8.56 Å². The molecule has 0 spiro atoms. The highest BCUT2D eigenvalue weighted by Crippen LogP contribution is 2.44. The predicted octanol–water partition coefficient (Wildman–Crippen LogP) is 3.26. The summed E-state index contributed by atoms with van der Waals surface area (Å²) in [5.41, 5.74) is 0. The van der Waals surface area contributed by atoms with E-state index >= 15 is 0 Å². The molecule has 0 amide bonds. The van der Waals surface area contributed by atoms with Crippen LogP contribution in [0.25, 0.3) is 0 Å². The largest absolute Gasteiger partial charge is 0.449 e. The first-order valence-electron chi connectivity index (χ1n) is 7.73. The molecule has 1 aliphatic heterocycles. The third kappa shape index (κ3) is 4.07. The van der Waals surface area contributed by atoms with Crippen molar-refractivity contribution in [2.24, 2.45) is 0 Å². The van der Waals surface area contributed by atoms with E-state index in [4.69, 9.17) is 18.3 Å². The normalized spacial score (nSPS) is 13.5. The summed E-state index contributed by atoms with van der Waals surface area (Å²) in [5.74, 6) is 1.85. The Kier molecular flexibility index (Phi) is 5.43. The number of hydrogen-bond acceptors (Lipinski definition) is 4. The smallest absolute Gasteiger partial charge is 0.403 e. The zero-order chi connectivity index (χ0) is 15.5. The fourth-order valence-electron chi connectivity index (χ4n) is 2.40. The van der Waals surface area contributed by atoms with Crippen LogP contribution in [0.5, 0.6) is 11.5 Å². The molecule has 1 aliphatic rings. The van der Waals surface area contributed by atoms with Gasteiger partial charge in [-0.3, -0.25) is 0 Å². The van der Waals surface area contributed by atoms with Gasteiger partial charge in [-0.15, -0.1) is 0 Å². The lowest BCUT2D eigenvalue weighted by molar-refractivity contribution is 0.0728. The Bertz CT molecular complexity index is 463. The molecule has 1 heterocycles. The summed E-state index contributed by atoms with van der Waals surface area (Å²) in [6.45, 7) is 11.0. The highest BCUT2D eigenvalue weighted by Gasteiger charge is 2.48. The molecule has 5 heteroatoms. The van der Waals surface area contributed by atoms with E-state index in [9.17, 15) is 0 Å². The number of hydrogen-bond donors (Lipinski definition) is 0. The maximum atomic E-state index is 6.31. The molecule has 118 valence electrons. The van der Waals surface area contributed by atoms with E-state index in [1.54, 1.807) is 0 Å². The summed E-state index contributed by atoms with van der Waals surface area (Å²) in [6.07, 6.45) is 1.64. The molecular formula is C16H26O4Si. The topological polar surface area (TPSA) is 40.2 Å². The molecule has 0 aliphatic carbocycles. The first kappa shape index (κ1) is 16.5. The molecule has 0 aromatic heterocycles. The van der Waals surface area contributed by atoms with Crippen LogP contribution in [-0.4, -0.2) is 33.6 Å². The van der Waals surface area contributed by atoms with Crippen molar-refractivity contribution in [3.05, 3.63) is 18.2 Å². The van der Waals surface area contributed by atoms with E-state index in [1.165, 1.54) is 0 Å². The molecule has 0 radical (unpaired) electrons. The monoisotopic (exact) mass is 310 g/mol. The summed E-state index contributed by atoms with van der Waals surface area (Å²) in [5, 5.41) is 1.05. The van der Waals surface area contributed by atoms with Gasteiger partial charge in [0.2, 0.25) is 0 Å². The molecule has 21 heavy (non-hydrogen) atoms. The first-order valence-corrected chi connectivity index (χ1v) is 9.75. The highest BCUT2D eigenvalue weighted by molar-refractivity contribution is 6.82. The molecule has 1 aromatic carbocycles. The summed E-state index contributed by atoms with van der Waals surface area (Å²) in [4.78, 5) is 0. The van der Waals surface area contributed by atoms with Crippen molar-refractivity contribution < 1.29 is 18.3 Å². The second-order valence-corrected chi connectivity index (χ2v) is 8.68. The molecule has 0 bridgehead atoms. The summed E-state index contributed by atoms with van der Waals surface area (Å²) in [7, 11) is -2.67. The van der Waals surface area contributed by atoms with E-state index in [2.05, 4.69) is 13.0 Å². The average Bonchev–Trinajstić information content (AvgIpc) is 3.16. The highest BCUT2D eigenvalue weighted by atomic mass is 28.4. The van der Waals surface area contributed by atoms with Gasteiger partial charge in [0.05, 0.1) is 6.23 Å². The minimum atomic E-state index is -2.67. The van der Waals surface area contributed by atoms with Gasteiger partial charge in [-0.25, -0.2) is 0 Å². The van der Waals surface area contributed by atoms with Gasteiger partial charge < -0.3 is 18.3 Å². The van der Waals surface area contributed by atoms with Crippen molar-refractivity contribution in [1.29, 1.82) is 0 Å². The first-order chi connectivity index (χ1) is 9.98. The van der Waals surface area contributed by atoms with Gasteiger partial charge in [0.25, 0.3) is 0 Å². The molecule has 0 fully saturated rings. The number of ether oxygens (including phenoxy) is 2. The summed E-state index contributed by atoms with van der Waals surface area (Å²) < 4.78 is 24.0. The molecular weight excluding hydrogens is 284 g/mol. The van der Waals surface area contributed by atoms with Gasteiger partial charge in [0.15, 0.2) is 11.5 Å². The van der Waals surface area contributed by atoms with Crippen LogP contribution in [0.3, 0.4) is 0 Å². The van der Waals surface area contributed by atoms with Crippen LogP contribution in [0.15, 0.2) is 18.2 Å². The van der Waals surface area contributed by atoms with Crippen LogP contribution in [0.1, 0.15) is 41.0 Å². The van der Waals surface area contributed by atoms with Crippen LogP contribution < -0.4 is 9.92 Å². The fourth-order valence-corrected chi connectivity index (χ4v) is 5.81. The number of fused-ring (bicyclic) bond motifs is 1. The molecule has 2 rings (SSSR count). The zero-order valence-electron chi connectivity index (χ0n) is 13.6. The molecule has 0 unspecified atom stereocenters. The molecule has 1 aromatic rings. The SMILES string of the molecule is CCCOC[Si](OC(C)C)(OC(C)C)c1cccc2c1O2. The van der Waals surface area contributed by atoms with Gasteiger partial charge >= 0.3 is 8.56 Å². The summed E-state index contributed by atoms with van der Waals surface area (Å²) >= 11 is 0. The second kappa shape index (κ2) is 6.92. The molecule has 4 nitrogen and oxygen atoms in total. The lowest BCUT2D eigenvalue weighted by atomic mass is 10.4. The van der Waals surface area contributed by atoms with Crippen molar-refractivity contribution >= 4 is 13.7 Å². The van der Waals surface area contributed by atoms with Crippen LogP contribution in [0.2, 0.25) is 0 Å². The maximum Gasteiger partial charge on any atom is 0.403 e. The number of benzene rings is 1. The van der Waals surface area contributed by atoms with Crippen molar-refractivity contribution in [3.8, 4) is 11.5 Å². The lowest BCUT2D eigenvalue weighted by Gasteiger charge is -2.33. The van der Waals surface area contributed by atoms with Crippen molar-refractivity contribution in [2.45, 2.75) is 53.2 Å². The van der Waals surface area contributed by atoms with Gasteiger partial charge in [0.1, 0.15) is 0 Å². The Labute approximate surface area is 128 Å². The minimum absolute atomic E-state index is 0.0789. The van der Waals surface area contributed by atoms with Gasteiger partial charge in [-0.05, 0) is 40.2 Å². The van der Waals surface area contributed by atoms with Crippen molar-refractivity contribution in [3.63, 3.8) is 0 Å². The lowest BCUT2D eigenvalue weighted by Crippen LogP contribution is -2.60. The van der Waals surface area contributed by atoms with Crippen LogP contribution >= 0.6 is 0 Å². The second-order valence-electron chi connectivity index (χ2n) is 5.87. The molecule has 0 saturated heterocycles. The Hall–Kier alpha value is -0.883. The molecule has 0 saturated carbocycles. The quantitative estimate of drug-likeness (QED) is 0.405. The molecule has 0 N–H and O–H groups in total.